The summed E-state index contributed by atoms with van der Waals surface area (Å²) >= 11 is 0. The summed E-state index contributed by atoms with van der Waals surface area (Å²) < 4.78 is 19.6. The SMILES string of the molecule is C=CC(=O)OCC(C)(COC(=O)C=C)NC(=O)OCCCOC. The zero-order valence-electron chi connectivity index (χ0n) is 13.5. The van der Waals surface area contributed by atoms with Crippen LogP contribution in [0.4, 0.5) is 4.79 Å². The quantitative estimate of drug-likeness (QED) is 0.261. The topological polar surface area (TPSA) is 100 Å². The van der Waals surface area contributed by atoms with Crippen molar-refractivity contribution in [2.45, 2.75) is 18.9 Å². The number of carbonyl (C=O) groups excluding carboxylic acids is 3. The second kappa shape index (κ2) is 11.2. The predicted octanol–water partition coefficient (Wildman–Crippen LogP) is 0.966. The summed E-state index contributed by atoms with van der Waals surface area (Å²) in [5, 5.41) is 2.50. The van der Waals surface area contributed by atoms with Gasteiger partial charge in [0.2, 0.25) is 0 Å². The second-order valence-electron chi connectivity index (χ2n) is 4.79. The number of methoxy groups -OCH3 is 1. The van der Waals surface area contributed by atoms with E-state index in [4.69, 9.17) is 18.9 Å². The van der Waals surface area contributed by atoms with Crippen molar-refractivity contribution >= 4 is 18.0 Å². The summed E-state index contributed by atoms with van der Waals surface area (Å²) in [5.41, 5.74) is -1.16. The second-order valence-corrected chi connectivity index (χ2v) is 4.79. The van der Waals surface area contributed by atoms with Gasteiger partial charge in [0.25, 0.3) is 0 Å². The van der Waals surface area contributed by atoms with Crippen molar-refractivity contribution in [1.29, 1.82) is 0 Å². The normalized spacial score (nSPS) is 10.3. The van der Waals surface area contributed by atoms with Crippen LogP contribution in [0, 0.1) is 0 Å². The molecule has 0 unspecified atom stereocenters. The van der Waals surface area contributed by atoms with E-state index in [9.17, 15) is 14.4 Å². The van der Waals surface area contributed by atoms with E-state index in [1.54, 1.807) is 7.11 Å². The number of nitrogens with one attached hydrogen (secondary N) is 1. The van der Waals surface area contributed by atoms with Gasteiger partial charge in [0.05, 0.1) is 6.61 Å². The maximum Gasteiger partial charge on any atom is 0.407 e. The molecule has 0 rings (SSSR count). The van der Waals surface area contributed by atoms with Gasteiger partial charge in [-0.05, 0) is 6.92 Å². The van der Waals surface area contributed by atoms with Crippen LogP contribution in [0.5, 0.6) is 0 Å². The molecule has 0 heterocycles. The molecule has 23 heavy (non-hydrogen) atoms. The van der Waals surface area contributed by atoms with Gasteiger partial charge in [0.15, 0.2) is 0 Å². The number of amides is 1. The lowest BCUT2D eigenvalue weighted by molar-refractivity contribution is -0.144. The number of ether oxygens (including phenoxy) is 4. The number of esters is 2. The third-order valence-corrected chi connectivity index (χ3v) is 2.53. The molecule has 0 aromatic heterocycles. The Kier molecular flexibility index (Phi) is 10.1. The van der Waals surface area contributed by atoms with Crippen LogP contribution in [0.25, 0.3) is 0 Å². The van der Waals surface area contributed by atoms with E-state index < -0.39 is 23.6 Å². The average molecular weight is 329 g/mol. The number of carbonyl (C=O) groups is 3. The summed E-state index contributed by atoms with van der Waals surface area (Å²) in [7, 11) is 1.54. The molecule has 8 nitrogen and oxygen atoms in total. The van der Waals surface area contributed by atoms with Gasteiger partial charge >= 0.3 is 18.0 Å². The van der Waals surface area contributed by atoms with E-state index >= 15 is 0 Å². The Morgan fingerprint density at radius 1 is 1.00 bits per heavy atom. The fourth-order valence-electron chi connectivity index (χ4n) is 1.34. The zero-order chi connectivity index (χ0) is 17.7. The molecule has 0 aliphatic carbocycles. The first-order chi connectivity index (χ1) is 10.9. The molecule has 0 radical (unpaired) electrons. The summed E-state index contributed by atoms with van der Waals surface area (Å²) in [6.07, 6.45) is 1.78. The molecule has 130 valence electrons. The van der Waals surface area contributed by atoms with E-state index in [0.717, 1.165) is 12.2 Å². The lowest BCUT2D eigenvalue weighted by atomic mass is 10.1. The lowest BCUT2D eigenvalue weighted by Gasteiger charge is -2.28. The maximum atomic E-state index is 11.8. The number of rotatable bonds is 11. The molecule has 0 spiro atoms. The standard InChI is InChI=1S/C15H23NO7/c1-5-12(17)22-10-15(3,11-23-13(18)6-2)16-14(19)21-9-7-8-20-4/h5-6H,1-2,7-11H2,3-4H3,(H,16,19). The Morgan fingerprint density at radius 2 is 1.52 bits per heavy atom. The minimum Gasteiger partial charge on any atom is -0.460 e. The molecule has 0 saturated heterocycles. The van der Waals surface area contributed by atoms with Gasteiger partial charge in [-0.1, -0.05) is 13.2 Å². The van der Waals surface area contributed by atoms with Gasteiger partial charge in [-0.15, -0.1) is 0 Å². The van der Waals surface area contributed by atoms with Crippen LogP contribution in [0.3, 0.4) is 0 Å². The van der Waals surface area contributed by atoms with E-state index in [0.29, 0.717) is 13.0 Å². The van der Waals surface area contributed by atoms with Crippen molar-refractivity contribution in [1.82, 2.24) is 5.32 Å². The molecule has 0 atom stereocenters. The Hall–Kier alpha value is -2.35. The van der Waals surface area contributed by atoms with Crippen molar-refractivity contribution in [3.05, 3.63) is 25.3 Å². The molecule has 0 fully saturated rings. The molecule has 1 N–H and O–H groups in total. The van der Waals surface area contributed by atoms with Crippen molar-refractivity contribution in [2.75, 3.05) is 33.5 Å². The molecule has 8 heteroatoms. The molecule has 0 saturated carbocycles. The number of hydrogen-bond acceptors (Lipinski definition) is 7. The first-order valence-corrected chi connectivity index (χ1v) is 6.89. The van der Waals surface area contributed by atoms with Crippen molar-refractivity contribution < 1.29 is 33.3 Å². The third kappa shape index (κ3) is 10.1. The van der Waals surface area contributed by atoms with Crippen molar-refractivity contribution in [3.63, 3.8) is 0 Å². The van der Waals surface area contributed by atoms with E-state index in [2.05, 4.69) is 18.5 Å². The summed E-state index contributed by atoms with van der Waals surface area (Å²) in [4.78, 5) is 34.1. The highest BCUT2D eigenvalue weighted by atomic mass is 16.6. The van der Waals surface area contributed by atoms with Crippen molar-refractivity contribution in [3.8, 4) is 0 Å². The van der Waals surface area contributed by atoms with Crippen LogP contribution in [0.2, 0.25) is 0 Å². The van der Waals surface area contributed by atoms with E-state index in [-0.39, 0.29) is 19.8 Å². The van der Waals surface area contributed by atoms with Gasteiger partial charge in [0, 0.05) is 32.3 Å². The summed E-state index contributed by atoms with van der Waals surface area (Å²) in [6.45, 7) is 8.24. The Balaban J connectivity index is 4.58. The molecular formula is C15H23NO7. The van der Waals surface area contributed by atoms with Gasteiger partial charge in [-0.25, -0.2) is 14.4 Å². The van der Waals surface area contributed by atoms with Gasteiger partial charge in [0.1, 0.15) is 18.8 Å². The van der Waals surface area contributed by atoms with Crippen LogP contribution < -0.4 is 5.32 Å². The Morgan fingerprint density at radius 3 is 1.96 bits per heavy atom. The van der Waals surface area contributed by atoms with Gasteiger partial charge in [-0.2, -0.15) is 0 Å². The summed E-state index contributed by atoms with van der Waals surface area (Å²) in [6, 6.07) is 0. The Labute approximate surface area is 135 Å². The van der Waals surface area contributed by atoms with E-state index in [1.165, 1.54) is 6.92 Å². The smallest absolute Gasteiger partial charge is 0.407 e. The highest BCUT2D eigenvalue weighted by Crippen LogP contribution is 2.08. The fraction of sp³-hybridized carbons (Fsp3) is 0.533. The highest BCUT2D eigenvalue weighted by molar-refractivity contribution is 5.81. The van der Waals surface area contributed by atoms with Crippen LogP contribution in [0.1, 0.15) is 13.3 Å². The molecule has 0 aromatic rings. The van der Waals surface area contributed by atoms with Crippen molar-refractivity contribution in [2.24, 2.45) is 0 Å². The largest absolute Gasteiger partial charge is 0.460 e. The molecule has 0 aliphatic heterocycles. The maximum absolute atomic E-state index is 11.8. The van der Waals surface area contributed by atoms with Crippen LogP contribution in [-0.4, -0.2) is 57.1 Å². The van der Waals surface area contributed by atoms with E-state index in [1.807, 2.05) is 0 Å². The van der Waals surface area contributed by atoms with Crippen LogP contribution in [-0.2, 0) is 28.5 Å². The first kappa shape index (κ1) is 20.6. The molecular weight excluding hydrogens is 306 g/mol. The molecule has 0 bridgehead atoms. The lowest BCUT2D eigenvalue weighted by Crippen LogP contribution is -2.53. The number of alkyl carbamates (subject to hydrolysis) is 1. The first-order valence-electron chi connectivity index (χ1n) is 6.89. The average Bonchev–Trinajstić information content (AvgIpc) is 2.54. The minimum atomic E-state index is -1.16. The molecule has 0 aliphatic rings. The predicted molar refractivity (Wildman–Crippen MR) is 81.7 cm³/mol. The molecule has 1 amide bonds. The van der Waals surface area contributed by atoms with Crippen LogP contribution >= 0.6 is 0 Å². The van der Waals surface area contributed by atoms with Gasteiger partial charge < -0.3 is 24.3 Å². The fourth-order valence-corrected chi connectivity index (χ4v) is 1.34. The number of hydrogen-bond donors (Lipinski definition) is 1. The minimum absolute atomic E-state index is 0.161. The highest BCUT2D eigenvalue weighted by Gasteiger charge is 2.30. The van der Waals surface area contributed by atoms with Gasteiger partial charge in [-0.3, -0.25) is 0 Å². The summed E-state index contributed by atoms with van der Waals surface area (Å²) in [5.74, 6) is -1.33. The van der Waals surface area contributed by atoms with Crippen LogP contribution in [0.15, 0.2) is 25.3 Å². The monoisotopic (exact) mass is 329 g/mol. The molecule has 0 aromatic carbocycles. The third-order valence-electron chi connectivity index (χ3n) is 2.53. The Bertz CT molecular complexity index is 410. The zero-order valence-corrected chi connectivity index (χ0v) is 13.5.